The maximum Gasteiger partial charge on any atom is 0.311 e. The monoisotopic (exact) mass is 305 g/mol. The number of carbonyl (C=O) groups is 1. The van der Waals surface area contributed by atoms with Gasteiger partial charge in [-0.25, -0.2) is 9.97 Å². The van der Waals surface area contributed by atoms with Crippen LogP contribution in [0.15, 0.2) is 12.4 Å². The molecule has 0 bridgehead atoms. The van der Waals surface area contributed by atoms with Crippen LogP contribution in [0.4, 0.5) is 0 Å². The molecule has 2 saturated heterocycles. The van der Waals surface area contributed by atoms with Gasteiger partial charge in [-0.05, 0) is 6.42 Å². The lowest BCUT2D eigenvalue weighted by Gasteiger charge is -2.34. The van der Waals surface area contributed by atoms with Crippen molar-refractivity contribution in [2.24, 2.45) is 11.3 Å². The lowest BCUT2D eigenvalue weighted by molar-refractivity contribution is -0.157. The predicted octanol–water partition coefficient (Wildman–Crippen LogP) is 1.52. The zero-order chi connectivity index (χ0) is 15.7. The highest BCUT2D eigenvalue weighted by Crippen LogP contribution is 2.42. The molecule has 0 radical (unpaired) electrons. The smallest absolute Gasteiger partial charge is 0.311 e. The van der Waals surface area contributed by atoms with E-state index >= 15 is 0 Å². The second kappa shape index (κ2) is 5.93. The van der Waals surface area contributed by atoms with E-state index in [4.69, 9.17) is 4.74 Å². The number of carboxylic acid groups (broad SMARTS) is 1. The number of rotatable bonds is 4. The molecule has 2 aliphatic rings. The van der Waals surface area contributed by atoms with Crippen LogP contribution in [0.5, 0.6) is 0 Å². The van der Waals surface area contributed by atoms with Crippen LogP contribution in [-0.2, 0) is 16.1 Å². The van der Waals surface area contributed by atoms with Crippen molar-refractivity contribution in [1.29, 1.82) is 0 Å². The third-order valence-electron chi connectivity index (χ3n) is 4.85. The van der Waals surface area contributed by atoms with Gasteiger partial charge < -0.3 is 9.84 Å². The maximum absolute atomic E-state index is 11.8. The summed E-state index contributed by atoms with van der Waals surface area (Å²) in [4.78, 5) is 22.7. The van der Waals surface area contributed by atoms with E-state index in [1.165, 1.54) is 0 Å². The number of carboxylic acids is 1. The lowest BCUT2D eigenvalue weighted by atomic mass is 9.74. The Morgan fingerprint density at radius 2 is 2.23 bits per heavy atom. The quantitative estimate of drug-likeness (QED) is 0.909. The van der Waals surface area contributed by atoms with Gasteiger partial charge in [0.2, 0.25) is 0 Å². The van der Waals surface area contributed by atoms with Gasteiger partial charge in [0.05, 0.1) is 12.0 Å². The van der Waals surface area contributed by atoms with Gasteiger partial charge in [0.1, 0.15) is 5.82 Å². The molecule has 1 N–H and O–H groups in total. The van der Waals surface area contributed by atoms with Crippen molar-refractivity contribution in [3.05, 3.63) is 23.8 Å². The number of fused-ring (bicyclic) bond motifs is 1. The molecule has 2 fully saturated rings. The molecule has 0 aromatic carbocycles. The summed E-state index contributed by atoms with van der Waals surface area (Å²) < 4.78 is 5.48. The minimum atomic E-state index is -0.685. The van der Waals surface area contributed by atoms with Gasteiger partial charge in [0.25, 0.3) is 0 Å². The van der Waals surface area contributed by atoms with E-state index in [0.29, 0.717) is 38.6 Å². The number of nitrogens with zero attached hydrogens (tertiary/aromatic N) is 3. The van der Waals surface area contributed by atoms with Crippen LogP contribution in [0.2, 0.25) is 0 Å². The Kier molecular flexibility index (Phi) is 4.14. The fraction of sp³-hybridized carbons (Fsp3) is 0.688. The van der Waals surface area contributed by atoms with Gasteiger partial charge in [-0.2, -0.15) is 0 Å². The third kappa shape index (κ3) is 2.73. The first kappa shape index (κ1) is 15.4. The first-order chi connectivity index (χ1) is 10.5. The molecular formula is C16H23N3O3. The van der Waals surface area contributed by atoms with Gasteiger partial charge >= 0.3 is 5.97 Å². The molecule has 0 aliphatic carbocycles. The summed E-state index contributed by atoms with van der Waals surface area (Å²) in [7, 11) is 0. The molecule has 3 rings (SSSR count). The van der Waals surface area contributed by atoms with E-state index in [1.54, 1.807) is 0 Å². The summed E-state index contributed by atoms with van der Waals surface area (Å²) in [5.74, 6) is 0.551. The number of ether oxygens (including phenoxy) is 1. The average molecular weight is 305 g/mol. The van der Waals surface area contributed by atoms with Gasteiger partial charge in [-0.15, -0.1) is 0 Å². The van der Waals surface area contributed by atoms with Crippen LogP contribution in [-0.4, -0.2) is 52.2 Å². The zero-order valence-corrected chi connectivity index (χ0v) is 13.2. The van der Waals surface area contributed by atoms with Crippen molar-refractivity contribution in [1.82, 2.24) is 14.9 Å². The first-order valence-electron chi connectivity index (χ1n) is 7.85. The second-order valence-electron chi connectivity index (χ2n) is 6.76. The van der Waals surface area contributed by atoms with Crippen LogP contribution in [0.3, 0.4) is 0 Å². The van der Waals surface area contributed by atoms with E-state index in [2.05, 4.69) is 28.7 Å². The zero-order valence-electron chi connectivity index (χ0n) is 13.2. The normalized spacial score (nSPS) is 28.8. The fourth-order valence-corrected chi connectivity index (χ4v) is 3.53. The molecule has 6 nitrogen and oxygen atoms in total. The molecule has 6 heteroatoms. The molecule has 22 heavy (non-hydrogen) atoms. The average Bonchev–Trinajstić information content (AvgIpc) is 2.87. The lowest BCUT2D eigenvalue weighted by Crippen LogP contribution is -2.44. The number of likely N-dealkylation sites (tertiary alicyclic amines) is 1. The first-order valence-corrected chi connectivity index (χ1v) is 7.85. The summed E-state index contributed by atoms with van der Waals surface area (Å²) in [5, 5.41) is 9.67. The molecule has 2 aliphatic heterocycles. The highest BCUT2D eigenvalue weighted by Gasteiger charge is 2.53. The van der Waals surface area contributed by atoms with Crippen molar-refractivity contribution in [3.8, 4) is 0 Å². The molecule has 1 aromatic heterocycles. The summed E-state index contributed by atoms with van der Waals surface area (Å²) in [6.45, 7) is 7.27. The van der Waals surface area contributed by atoms with Crippen LogP contribution in [0.25, 0.3) is 0 Å². The van der Waals surface area contributed by atoms with Crippen molar-refractivity contribution < 1.29 is 14.6 Å². The van der Waals surface area contributed by atoms with E-state index < -0.39 is 11.4 Å². The molecule has 120 valence electrons. The van der Waals surface area contributed by atoms with E-state index in [1.807, 2.05) is 12.4 Å². The number of hydrogen-bond acceptors (Lipinski definition) is 5. The van der Waals surface area contributed by atoms with Crippen molar-refractivity contribution in [2.45, 2.75) is 32.7 Å². The SMILES string of the molecule is CC(C)c1ncc(CN2C[C@@H]3COCC[C@]3(C(=O)O)C2)cn1. The Balaban J connectivity index is 1.70. The maximum atomic E-state index is 11.8. The Morgan fingerprint density at radius 1 is 1.50 bits per heavy atom. The number of aromatic nitrogens is 2. The Morgan fingerprint density at radius 3 is 2.82 bits per heavy atom. The van der Waals surface area contributed by atoms with Gasteiger partial charge in [0, 0.05) is 56.0 Å². The molecule has 0 saturated carbocycles. The number of hydrogen-bond donors (Lipinski definition) is 1. The van der Waals surface area contributed by atoms with Crippen LogP contribution in [0, 0.1) is 11.3 Å². The van der Waals surface area contributed by atoms with Crippen molar-refractivity contribution in [2.75, 3.05) is 26.3 Å². The van der Waals surface area contributed by atoms with Crippen LogP contribution < -0.4 is 0 Å². The summed E-state index contributed by atoms with van der Waals surface area (Å²) in [6.07, 6.45) is 4.31. The Hall–Kier alpha value is -1.53. The summed E-state index contributed by atoms with van der Waals surface area (Å²) in [6, 6.07) is 0. The predicted molar refractivity (Wildman–Crippen MR) is 80.4 cm³/mol. The van der Waals surface area contributed by atoms with E-state index in [0.717, 1.165) is 17.9 Å². The van der Waals surface area contributed by atoms with Gasteiger partial charge in [-0.1, -0.05) is 13.8 Å². The van der Waals surface area contributed by atoms with Crippen LogP contribution >= 0.6 is 0 Å². The minimum absolute atomic E-state index is 0.0783. The summed E-state index contributed by atoms with van der Waals surface area (Å²) in [5.41, 5.74) is 0.390. The van der Waals surface area contributed by atoms with E-state index in [9.17, 15) is 9.90 Å². The summed E-state index contributed by atoms with van der Waals surface area (Å²) >= 11 is 0. The highest BCUT2D eigenvalue weighted by atomic mass is 16.5. The highest BCUT2D eigenvalue weighted by molar-refractivity contribution is 5.76. The van der Waals surface area contributed by atoms with Crippen LogP contribution in [0.1, 0.15) is 37.6 Å². The molecule has 3 heterocycles. The van der Waals surface area contributed by atoms with Gasteiger partial charge in [0.15, 0.2) is 0 Å². The van der Waals surface area contributed by atoms with Crippen molar-refractivity contribution >= 4 is 5.97 Å². The van der Waals surface area contributed by atoms with Gasteiger partial charge in [-0.3, -0.25) is 9.69 Å². The largest absolute Gasteiger partial charge is 0.481 e. The fourth-order valence-electron chi connectivity index (χ4n) is 3.53. The second-order valence-corrected chi connectivity index (χ2v) is 6.76. The third-order valence-corrected chi connectivity index (χ3v) is 4.85. The molecule has 1 aromatic rings. The molecule has 2 atom stereocenters. The minimum Gasteiger partial charge on any atom is -0.481 e. The molecule has 0 unspecified atom stereocenters. The molecular weight excluding hydrogens is 282 g/mol. The van der Waals surface area contributed by atoms with E-state index in [-0.39, 0.29) is 5.92 Å². The topological polar surface area (TPSA) is 75.6 Å². The Bertz CT molecular complexity index is 546. The van der Waals surface area contributed by atoms with Crippen molar-refractivity contribution in [3.63, 3.8) is 0 Å². The Labute approximate surface area is 130 Å². The molecule has 0 amide bonds. The number of aliphatic carboxylic acids is 1. The standard InChI is InChI=1S/C16H23N3O3/c1-11(2)14-17-5-12(6-18-14)7-19-8-13-9-22-4-3-16(13,10-19)15(20)21/h5-6,11,13H,3-4,7-10H2,1-2H3,(H,20,21)/t13-,16+/m1/s1. The molecule has 0 spiro atoms.